The third-order valence-corrected chi connectivity index (χ3v) is 4.90. The lowest BCUT2D eigenvalue weighted by Crippen LogP contribution is -2.24. The van der Waals surface area contributed by atoms with Gasteiger partial charge in [-0.05, 0) is 30.7 Å². The van der Waals surface area contributed by atoms with Gasteiger partial charge in [0.15, 0.2) is 0 Å². The number of amides is 1. The molecule has 2 aromatic carbocycles. The molecule has 0 unspecified atom stereocenters. The van der Waals surface area contributed by atoms with Gasteiger partial charge in [0, 0.05) is 35.1 Å². The summed E-state index contributed by atoms with van der Waals surface area (Å²) in [5.41, 5.74) is 2.08. The summed E-state index contributed by atoms with van der Waals surface area (Å²) >= 11 is 1.54. The lowest BCUT2D eigenvalue weighted by molar-refractivity contribution is -0.118. The van der Waals surface area contributed by atoms with Crippen molar-refractivity contribution in [1.82, 2.24) is 9.88 Å². The van der Waals surface area contributed by atoms with Crippen molar-refractivity contribution in [1.29, 1.82) is 0 Å². The summed E-state index contributed by atoms with van der Waals surface area (Å²) in [7, 11) is 0. The molecule has 0 aliphatic carbocycles. The van der Waals surface area contributed by atoms with E-state index in [1.54, 1.807) is 12.1 Å². The quantitative estimate of drug-likeness (QED) is 0.681. The van der Waals surface area contributed by atoms with Gasteiger partial charge >= 0.3 is 0 Å². The van der Waals surface area contributed by atoms with Crippen molar-refractivity contribution in [2.45, 2.75) is 24.9 Å². The van der Waals surface area contributed by atoms with E-state index in [0.717, 1.165) is 17.0 Å². The smallest absolute Gasteiger partial charge is 0.230 e. The van der Waals surface area contributed by atoms with Crippen molar-refractivity contribution in [3.8, 4) is 0 Å². The van der Waals surface area contributed by atoms with Crippen molar-refractivity contribution >= 4 is 28.6 Å². The Morgan fingerprint density at radius 2 is 1.92 bits per heavy atom. The van der Waals surface area contributed by atoms with Gasteiger partial charge in [-0.1, -0.05) is 30.3 Å². The molecule has 24 heavy (non-hydrogen) atoms. The standard InChI is InChI=1S/C19H19FN2OS/c1-2-22-12-18(16-5-3-4-6-17(16)22)24-13-19(23)21-11-14-7-9-15(20)10-8-14/h3-10,12H,2,11,13H2,1H3,(H,21,23). The fraction of sp³-hybridized carbons (Fsp3) is 0.211. The summed E-state index contributed by atoms with van der Waals surface area (Å²) in [6.45, 7) is 3.42. The van der Waals surface area contributed by atoms with E-state index in [-0.39, 0.29) is 11.7 Å². The van der Waals surface area contributed by atoms with Crippen molar-refractivity contribution in [2.75, 3.05) is 5.75 Å². The Balaban J connectivity index is 1.59. The summed E-state index contributed by atoms with van der Waals surface area (Å²) in [5.74, 6) is 0.0597. The maximum absolute atomic E-state index is 12.9. The second-order valence-electron chi connectivity index (χ2n) is 5.49. The minimum atomic E-state index is -0.270. The number of fused-ring (bicyclic) bond motifs is 1. The number of carbonyl (C=O) groups excluding carboxylic acids is 1. The summed E-state index contributed by atoms with van der Waals surface area (Å²) in [4.78, 5) is 13.2. The number of para-hydroxylation sites is 1. The molecule has 0 bridgehead atoms. The number of aryl methyl sites for hydroxylation is 1. The number of hydrogen-bond donors (Lipinski definition) is 1. The van der Waals surface area contributed by atoms with Crippen LogP contribution in [0.15, 0.2) is 59.6 Å². The second-order valence-corrected chi connectivity index (χ2v) is 6.51. The normalized spacial score (nSPS) is 10.9. The third kappa shape index (κ3) is 3.79. The molecule has 0 spiro atoms. The number of nitrogens with zero attached hydrogens (tertiary/aromatic N) is 1. The zero-order chi connectivity index (χ0) is 16.9. The molecule has 1 heterocycles. The van der Waals surface area contributed by atoms with Gasteiger partial charge in [0.25, 0.3) is 0 Å². The molecule has 0 atom stereocenters. The maximum Gasteiger partial charge on any atom is 0.230 e. The van der Waals surface area contributed by atoms with Crippen LogP contribution in [0, 0.1) is 5.82 Å². The SMILES string of the molecule is CCn1cc(SCC(=O)NCc2ccc(F)cc2)c2ccccc21. The number of carbonyl (C=O) groups is 1. The summed E-state index contributed by atoms with van der Waals surface area (Å²) in [5, 5.41) is 4.05. The largest absolute Gasteiger partial charge is 0.351 e. The fourth-order valence-electron chi connectivity index (χ4n) is 2.59. The summed E-state index contributed by atoms with van der Waals surface area (Å²) in [6.07, 6.45) is 2.10. The lowest BCUT2D eigenvalue weighted by atomic mass is 10.2. The molecule has 0 fully saturated rings. The average Bonchev–Trinajstić information content (AvgIpc) is 2.97. The van der Waals surface area contributed by atoms with Crippen LogP contribution in [0.4, 0.5) is 4.39 Å². The van der Waals surface area contributed by atoms with Crippen LogP contribution in [-0.2, 0) is 17.9 Å². The average molecular weight is 342 g/mol. The van der Waals surface area contributed by atoms with Crippen molar-refractivity contribution in [3.05, 3.63) is 66.1 Å². The maximum atomic E-state index is 12.9. The molecule has 3 aromatic rings. The molecule has 0 aliphatic heterocycles. The molecule has 0 saturated heterocycles. The van der Waals surface area contributed by atoms with Crippen molar-refractivity contribution in [3.63, 3.8) is 0 Å². The number of benzene rings is 2. The van der Waals surface area contributed by atoms with Gasteiger partial charge in [-0.3, -0.25) is 4.79 Å². The molecular formula is C19H19FN2OS. The highest BCUT2D eigenvalue weighted by Crippen LogP contribution is 2.29. The van der Waals surface area contributed by atoms with Crippen molar-refractivity contribution < 1.29 is 9.18 Å². The van der Waals surface area contributed by atoms with Gasteiger partial charge in [0.05, 0.1) is 5.75 Å². The Hall–Kier alpha value is -2.27. The van der Waals surface area contributed by atoms with Crippen LogP contribution >= 0.6 is 11.8 Å². The zero-order valence-corrected chi connectivity index (χ0v) is 14.3. The van der Waals surface area contributed by atoms with Crippen molar-refractivity contribution in [2.24, 2.45) is 0 Å². The van der Waals surface area contributed by atoms with Crippen LogP contribution in [0.5, 0.6) is 0 Å². The van der Waals surface area contributed by atoms with E-state index in [4.69, 9.17) is 0 Å². The van der Waals surface area contributed by atoms with Crippen LogP contribution < -0.4 is 5.32 Å². The topological polar surface area (TPSA) is 34.0 Å². The van der Waals surface area contributed by atoms with Gasteiger partial charge in [-0.2, -0.15) is 0 Å². The van der Waals surface area contributed by atoms with Crippen LogP contribution in [0.2, 0.25) is 0 Å². The molecule has 0 aliphatic rings. The molecule has 0 radical (unpaired) electrons. The first kappa shape index (κ1) is 16.6. The van der Waals surface area contributed by atoms with Gasteiger partial charge in [-0.25, -0.2) is 4.39 Å². The molecule has 3 nitrogen and oxygen atoms in total. The van der Waals surface area contributed by atoms with E-state index in [2.05, 4.69) is 35.1 Å². The van der Waals surface area contributed by atoms with Crippen LogP contribution in [0.3, 0.4) is 0 Å². The molecule has 1 N–H and O–H groups in total. The predicted molar refractivity (Wildman–Crippen MR) is 96.6 cm³/mol. The number of aromatic nitrogens is 1. The van der Waals surface area contributed by atoms with E-state index in [1.807, 2.05) is 12.1 Å². The molecular weight excluding hydrogens is 323 g/mol. The molecule has 1 aromatic heterocycles. The number of hydrogen-bond acceptors (Lipinski definition) is 2. The zero-order valence-electron chi connectivity index (χ0n) is 13.5. The second kappa shape index (κ2) is 7.53. The number of thioether (sulfide) groups is 1. The lowest BCUT2D eigenvalue weighted by Gasteiger charge is -2.05. The van der Waals surface area contributed by atoms with Gasteiger partial charge < -0.3 is 9.88 Å². The van der Waals surface area contributed by atoms with Gasteiger partial charge in [-0.15, -0.1) is 11.8 Å². The number of nitrogens with one attached hydrogen (secondary N) is 1. The third-order valence-electron chi connectivity index (χ3n) is 3.85. The number of halogens is 1. The Labute approximate surface area is 144 Å². The highest BCUT2D eigenvalue weighted by atomic mass is 32.2. The Bertz CT molecular complexity index is 842. The Morgan fingerprint density at radius 1 is 1.17 bits per heavy atom. The van der Waals surface area contributed by atoms with E-state index in [1.165, 1.54) is 34.8 Å². The first-order chi connectivity index (χ1) is 11.7. The van der Waals surface area contributed by atoms with Gasteiger partial charge in [0.1, 0.15) is 5.82 Å². The van der Waals surface area contributed by atoms with E-state index in [9.17, 15) is 9.18 Å². The molecule has 3 rings (SSSR count). The van der Waals surface area contributed by atoms with Crippen LogP contribution in [0.1, 0.15) is 12.5 Å². The minimum Gasteiger partial charge on any atom is -0.351 e. The minimum absolute atomic E-state index is 0.0299. The molecule has 1 amide bonds. The highest BCUT2D eigenvalue weighted by molar-refractivity contribution is 8.00. The van der Waals surface area contributed by atoms with E-state index >= 15 is 0 Å². The summed E-state index contributed by atoms with van der Waals surface area (Å²) in [6, 6.07) is 14.4. The Kier molecular flexibility index (Phi) is 5.20. The Morgan fingerprint density at radius 3 is 2.67 bits per heavy atom. The molecule has 124 valence electrons. The fourth-order valence-corrected chi connectivity index (χ4v) is 3.51. The molecule has 5 heteroatoms. The van der Waals surface area contributed by atoms with Crippen LogP contribution in [-0.4, -0.2) is 16.2 Å². The predicted octanol–water partition coefficient (Wildman–Crippen LogP) is 4.21. The van der Waals surface area contributed by atoms with E-state index in [0.29, 0.717) is 12.3 Å². The van der Waals surface area contributed by atoms with Gasteiger partial charge in [0.2, 0.25) is 5.91 Å². The monoisotopic (exact) mass is 342 g/mol. The molecule has 0 saturated carbocycles. The van der Waals surface area contributed by atoms with E-state index < -0.39 is 0 Å². The highest BCUT2D eigenvalue weighted by Gasteiger charge is 2.10. The number of rotatable bonds is 6. The summed E-state index contributed by atoms with van der Waals surface area (Å²) < 4.78 is 15.0. The first-order valence-electron chi connectivity index (χ1n) is 7.89. The van der Waals surface area contributed by atoms with Crippen LogP contribution in [0.25, 0.3) is 10.9 Å². The first-order valence-corrected chi connectivity index (χ1v) is 8.87.